The molecule has 0 saturated heterocycles. The van der Waals surface area contributed by atoms with Crippen molar-refractivity contribution in [2.45, 2.75) is 52.1 Å². The first-order chi connectivity index (χ1) is 7.11. The van der Waals surface area contributed by atoms with Gasteiger partial charge >= 0.3 is 0 Å². The highest BCUT2D eigenvalue weighted by Gasteiger charge is 2.14. The highest BCUT2D eigenvalue weighted by molar-refractivity contribution is 5.05. The van der Waals surface area contributed by atoms with E-state index >= 15 is 0 Å². The van der Waals surface area contributed by atoms with Crippen molar-refractivity contribution in [3.05, 3.63) is 24.3 Å². The molecule has 1 aliphatic carbocycles. The van der Waals surface area contributed by atoms with Gasteiger partial charge in [-0.1, -0.05) is 50.5 Å². The zero-order chi connectivity index (χ0) is 11.3. The van der Waals surface area contributed by atoms with Gasteiger partial charge < -0.3 is 5.11 Å². The van der Waals surface area contributed by atoms with Crippen LogP contribution < -0.4 is 0 Å². The molecule has 0 aliphatic heterocycles. The van der Waals surface area contributed by atoms with E-state index in [0.29, 0.717) is 0 Å². The minimum atomic E-state index is -0.384. The summed E-state index contributed by atoms with van der Waals surface area (Å²) in [5.74, 6) is 0.947. The molecule has 0 spiro atoms. The maximum atomic E-state index is 9.77. The van der Waals surface area contributed by atoms with E-state index in [1.807, 2.05) is 6.92 Å². The van der Waals surface area contributed by atoms with Gasteiger partial charge in [0.1, 0.15) is 0 Å². The second kappa shape index (κ2) is 6.12. The third-order valence-electron chi connectivity index (χ3n) is 3.34. The molecule has 0 heterocycles. The van der Waals surface area contributed by atoms with E-state index in [2.05, 4.69) is 25.7 Å². The molecule has 0 radical (unpaired) electrons. The highest BCUT2D eigenvalue weighted by atomic mass is 16.3. The van der Waals surface area contributed by atoms with Crippen LogP contribution >= 0.6 is 0 Å². The summed E-state index contributed by atoms with van der Waals surface area (Å²) < 4.78 is 0. The molecule has 0 unspecified atom stereocenters. The topological polar surface area (TPSA) is 20.2 Å². The van der Waals surface area contributed by atoms with Crippen LogP contribution in [0.4, 0.5) is 0 Å². The van der Waals surface area contributed by atoms with E-state index in [1.54, 1.807) is 0 Å². The minimum Gasteiger partial charge on any atom is -0.388 e. The molecule has 15 heavy (non-hydrogen) atoms. The fourth-order valence-corrected chi connectivity index (χ4v) is 2.21. The molecule has 0 bridgehead atoms. The summed E-state index contributed by atoms with van der Waals surface area (Å²) in [6.07, 6.45) is 10.9. The molecular formula is C14H24O. The van der Waals surface area contributed by atoms with E-state index in [0.717, 1.165) is 11.5 Å². The van der Waals surface area contributed by atoms with E-state index < -0.39 is 0 Å². The highest BCUT2D eigenvalue weighted by Crippen LogP contribution is 2.25. The van der Waals surface area contributed by atoms with Crippen LogP contribution in [0.1, 0.15) is 46.0 Å². The smallest absolute Gasteiger partial charge is 0.0804 e. The van der Waals surface area contributed by atoms with E-state index in [4.69, 9.17) is 0 Å². The summed E-state index contributed by atoms with van der Waals surface area (Å²) in [7, 11) is 0. The van der Waals surface area contributed by atoms with Gasteiger partial charge in [-0.2, -0.15) is 0 Å². The zero-order valence-electron chi connectivity index (χ0n) is 10.1. The predicted molar refractivity (Wildman–Crippen MR) is 65.7 cm³/mol. The van der Waals surface area contributed by atoms with Crippen LogP contribution in [0, 0.1) is 11.8 Å². The number of aliphatic hydroxyl groups is 1. The van der Waals surface area contributed by atoms with Gasteiger partial charge in [0.05, 0.1) is 6.10 Å². The minimum absolute atomic E-state index is 0.199. The van der Waals surface area contributed by atoms with Crippen molar-refractivity contribution in [1.29, 1.82) is 0 Å². The lowest BCUT2D eigenvalue weighted by atomic mass is 9.87. The zero-order valence-corrected chi connectivity index (χ0v) is 10.1. The fourth-order valence-electron chi connectivity index (χ4n) is 2.21. The van der Waals surface area contributed by atoms with E-state index in [1.165, 1.54) is 32.1 Å². The number of rotatable bonds is 4. The van der Waals surface area contributed by atoms with Gasteiger partial charge in [-0.25, -0.2) is 0 Å². The van der Waals surface area contributed by atoms with Crippen LogP contribution in [0.3, 0.4) is 0 Å². The lowest BCUT2D eigenvalue weighted by Crippen LogP contribution is -2.16. The largest absolute Gasteiger partial charge is 0.388 e. The summed E-state index contributed by atoms with van der Waals surface area (Å²) in [4.78, 5) is 0. The van der Waals surface area contributed by atoms with Gasteiger partial charge in [0, 0.05) is 5.92 Å². The first kappa shape index (κ1) is 12.5. The summed E-state index contributed by atoms with van der Waals surface area (Å²) >= 11 is 0. The SMILES string of the molecule is C=C(C)[C@H](O)[C@H](C)/C=C/C1CCCCC1. The van der Waals surface area contributed by atoms with Crippen molar-refractivity contribution >= 4 is 0 Å². The Morgan fingerprint density at radius 3 is 2.47 bits per heavy atom. The van der Waals surface area contributed by atoms with Gasteiger partial charge in [-0.3, -0.25) is 0 Å². The van der Waals surface area contributed by atoms with Gasteiger partial charge in [0.25, 0.3) is 0 Å². The average Bonchev–Trinajstić information content (AvgIpc) is 2.26. The van der Waals surface area contributed by atoms with Crippen LogP contribution in [0.2, 0.25) is 0 Å². The third-order valence-corrected chi connectivity index (χ3v) is 3.34. The van der Waals surface area contributed by atoms with Gasteiger partial charge in [-0.05, 0) is 25.7 Å². The molecule has 1 fully saturated rings. The molecule has 1 aliphatic rings. The van der Waals surface area contributed by atoms with Gasteiger partial charge in [-0.15, -0.1) is 0 Å². The van der Waals surface area contributed by atoms with Crippen molar-refractivity contribution in [2.24, 2.45) is 11.8 Å². The Labute approximate surface area is 93.9 Å². The molecule has 0 aromatic heterocycles. The molecule has 0 aromatic rings. The van der Waals surface area contributed by atoms with Crippen LogP contribution in [-0.2, 0) is 0 Å². The van der Waals surface area contributed by atoms with Crippen LogP contribution in [0.15, 0.2) is 24.3 Å². The second-order valence-electron chi connectivity index (χ2n) is 4.93. The Bertz CT molecular complexity index is 223. The van der Waals surface area contributed by atoms with Crippen LogP contribution in [-0.4, -0.2) is 11.2 Å². The molecule has 1 N–H and O–H groups in total. The normalized spacial score (nSPS) is 22.9. The average molecular weight is 208 g/mol. The Hall–Kier alpha value is -0.560. The van der Waals surface area contributed by atoms with Gasteiger partial charge in [0.2, 0.25) is 0 Å². The van der Waals surface area contributed by atoms with Crippen molar-refractivity contribution in [3.63, 3.8) is 0 Å². The predicted octanol–water partition coefficient (Wildman–Crippen LogP) is 3.70. The fraction of sp³-hybridized carbons (Fsp3) is 0.714. The molecule has 1 nitrogen and oxygen atoms in total. The lowest BCUT2D eigenvalue weighted by Gasteiger charge is -2.20. The number of allylic oxidation sites excluding steroid dienone is 1. The van der Waals surface area contributed by atoms with Gasteiger partial charge in [0.15, 0.2) is 0 Å². The monoisotopic (exact) mass is 208 g/mol. The Balaban J connectivity index is 2.38. The lowest BCUT2D eigenvalue weighted by molar-refractivity contribution is 0.173. The molecule has 0 amide bonds. The Kier molecular flexibility index (Phi) is 5.10. The second-order valence-corrected chi connectivity index (χ2v) is 4.93. The van der Waals surface area contributed by atoms with Crippen molar-refractivity contribution in [2.75, 3.05) is 0 Å². The molecule has 1 rings (SSSR count). The molecule has 1 saturated carbocycles. The molecule has 0 aromatic carbocycles. The standard InChI is InChI=1S/C14H24O/c1-11(2)14(15)12(3)9-10-13-7-5-4-6-8-13/h9-10,12-15H,1,4-8H2,2-3H3/b10-9+/t12-,14+/m1/s1. The summed E-state index contributed by atoms with van der Waals surface area (Å²) in [6, 6.07) is 0. The van der Waals surface area contributed by atoms with E-state index in [-0.39, 0.29) is 12.0 Å². The maximum absolute atomic E-state index is 9.77. The Morgan fingerprint density at radius 2 is 1.93 bits per heavy atom. The summed E-state index contributed by atoms with van der Waals surface area (Å²) in [6.45, 7) is 7.73. The molecule has 86 valence electrons. The van der Waals surface area contributed by atoms with Crippen LogP contribution in [0.25, 0.3) is 0 Å². The first-order valence-corrected chi connectivity index (χ1v) is 6.13. The van der Waals surface area contributed by atoms with Crippen molar-refractivity contribution < 1.29 is 5.11 Å². The number of hydrogen-bond donors (Lipinski definition) is 1. The maximum Gasteiger partial charge on any atom is 0.0804 e. The van der Waals surface area contributed by atoms with Crippen molar-refractivity contribution in [3.8, 4) is 0 Å². The Morgan fingerprint density at radius 1 is 1.33 bits per heavy atom. The number of hydrogen-bond acceptors (Lipinski definition) is 1. The summed E-state index contributed by atoms with van der Waals surface area (Å²) in [5.41, 5.74) is 0.857. The summed E-state index contributed by atoms with van der Waals surface area (Å²) in [5, 5.41) is 9.77. The molecule has 1 heteroatoms. The molecule has 2 atom stereocenters. The number of aliphatic hydroxyl groups excluding tert-OH is 1. The van der Waals surface area contributed by atoms with E-state index in [9.17, 15) is 5.11 Å². The van der Waals surface area contributed by atoms with Crippen LogP contribution in [0.5, 0.6) is 0 Å². The first-order valence-electron chi connectivity index (χ1n) is 6.13. The van der Waals surface area contributed by atoms with Crippen molar-refractivity contribution in [1.82, 2.24) is 0 Å². The quantitative estimate of drug-likeness (QED) is 0.698. The third kappa shape index (κ3) is 4.21. The molecular weight excluding hydrogens is 184 g/mol.